The molecule has 2 aliphatic heterocycles. The topological polar surface area (TPSA) is 3.24 Å². The molecule has 0 N–H and O–H groups in total. The SMILES string of the molecule is CCC[CH2][Sn]([CH2]CCC)([CH2]CCC)[CH2][C@H]1C[C@@H]2CCCN2C1. The van der Waals surface area contributed by atoms with E-state index in [1.54, 1.807) is 43.4 Å². The molecule has 22 heavy (non-hydrogen) atoms. The van der Waals surface area contributed by atoms with E-state index in [0.717, 1.165) is 12.0 Å². The number of nitrogens with zero attached hydrogens (tertiary/aromatic N) is 1. The number of unbranched alkanes of at least 4 members (excludes halogenated alkanes) is 3. The first-order chi connectivity index (χ1) is 10.7. The van der Waals surface area contributed by atoms with Gasteiger partial charge in [0, 0.05) is 0 Å². The van der Waals surface area contributed by atoms with Crippen molar-refractivity contribution >= 4 is 18.4 Å². The van der Waals surface area contributed by atoms with Gasteiger partial charge in [0.05, 0.1) is 0 Å². The van der Waals surface area contributed by atoms with Gasteiger partial charge in [-0.25, -0.2) is 0 Å². The second kappa shape index (κ2) is 9.91. The van der Waals surface area contributed by atoms with Crippen molar-refractivity contribution in [1.82, 2.24) is 4.90 Å². The minimum absolute atomic E-state index is 0.998. The minimum atomic E-state index is -1.86. The number of rotatable bonds is 11. The van der Waals surface area contributed by atoms with Gasteiger partial charge >= 0.3 is 145 Å². The Morgan fingerprint density at radius 3 is 2.00 bits per heavy atom. The predicted molar refractivity (Wildman–Crippen MR) is 102 cm³/mol. The molecule has 0 aliphatic carbocycles. The van der Waals surface area contributed by atoms with Gasteiger partial charge in [-0.15, -0.1) is 0 Å². The van der Waals surface area contributed by atoms with Crippen molar-refractivity contribution in [3.63, 3.8) is 0 Å². The van der Waals surface area contributed by atoms with E-state index in [-0.39, 0.29) is 0 Å². The molecule has 2 heterocycles. The summed E-state index contributed by atoms with van der Waals surface area (Å²) in [6.45, 7) is 10.1. The van der Waals surface area contributed by atoms with E-state index < -0.39 is 18.4 Å². The van der Waals surface area contributed by atoms with E-state index in [1.807, 2.05) is 0 Å². The van der Waals surface area contributed by atoms with Crippen LogP contribution in [-0.4, -0.2) is 42.4 Å². The normalized spacial score (nSPS) is 25.8. The van der Waals surface area contributed by atoms with Gasteiger partial charge in [-0.3, -0.25) is 0 Å². The Balaban J connectivity index is 1.97. The van der Waals surface area contributed by atoms with Crippen LogP contribution in [0.4, 0.5) is 0 Å². The average Bonchev–Trinajstić information content (AvgIpc) is 3.09. The van der Waals surface area contributed by atoms with Gasteiger partial charge in [0.2, 0.25) is 0 Å². The standard InChI is InChI=1S/C8H14N.3C4H9.Sn/c1-7-5-8-3-2-4-9(8)6-7;3*1-3-4-2;/h7-8H,1-6H2;3*1,3-4H2,2H3;/t7-,8-;;;;/m0..../s1. The van der Waals surface area contributed by atoms with Gasteiger partial charge in [0.1, 0.15) is 0 Å². The molecule has 0 aromatic carbocycles. The summed E-state index contributed by atoms with van der Waals surface area (Å²) in [6.07, 6.45) is 13.5. The van der Waals surface area contributed by atoms with Gasteiger partial charge in [0.15, 0.2) is 0 Å². The summed E-state index contributed by atoms with van der Waals surface area (Å²) in [5.74, 6) is 1.10. The van der Waals surface area contributed by atoms with Crippen molar-refractivity contribution < 1.29 is 0 Å². The van der Waals surface area contributed by atoms with Crippen LogP contribution in [0, 0.1) is 5.92 Å². The maximum absolute atomic E-state index is 2.85. The van der Waals surface area contributed by atoms with E-state index in [4.69, 9.17) is 0 Å². The van der Waals surface area contributed by atoms with E-state index in [2.05, 4.69) is 25.7 Å². The first-order valence-corrected chi connectivity index (χ1v) is 18.5. The van der Waals surface area contributed by atoms with Crippen LogP contribution in [0.25, 0.3) is 0 Å². The summed E-state index contributed by atoms with van der Waals surface area (Å²) in [4.78, 5) is 2.85. The number of hydrogen-bond acceptors (Lipinski definition) is 1. The number of fused-ring (bicyclic) bond motifs is 1. The van der Waals surface area contributed by atoms with Crippen LogP contribution in [0.5, 0.6) is 0 Å². The third kappa shape index (κ3) is 5.39. The molecule has 0 aromatic rings. The molecule has 1 nitrogen and oxygen atoms in total. The van der Waals surface area contributed by atoms with Crippen molar-refractivity contribution in [3.05, 3.63) is 0 Å². The van der Waals surface area contributed by atoms with E-state index in [1.165, 1.54) is 45.2 Å². The summed E-state index contributed by atoms with van der Waals surface area (Å²) in [6, 6.07) is 0.998. The molecule has 130 valence electrons. The zero-order chi connectivity index (χ0) is 15.8. The van der Waals surface area contributed by atoms with Gasteiger partial charge < -0.3 is 0 Å². The fourth-order valence-electron chi connectivity index (χ4n) is 5.29. The Bertz CT molecular complexity index is 270. The van der Waals surface area contributed by atoms with Crippen LogP contribution in [0.15, 0.2) is 0 Å². The first-order valence-electron chi connectivity index (χ1n) is 10.5. The van der Waals surface area contributed by atoms with Crippen LogP contribution < -0.4 is 0 Å². The first kappa shape index (κ1) is 19.1. The Labute approximate surface area is 144 Å². The van der Waals surface area contributed by atoms with Crippen LogP contribution >= 0.6 is 0 Å². The zero-order valence-corrected chi connectivity index (χ0v) is 18.6. The quantitative estimate of drug-likeness (QED) is 0.358. The molecule has 0 unspecified atom stereocenters. The fourth-order valence-corrected chi connectivity index (χ4v) is 23.0. The van der Waals surface area contributed by atoms with Gasteiger partial charge in [-0.05, 0) is 0 Å². The van der Waals surface area contributed by atoms with Crippen molar-refractivity contribution in [2.45, 2.75) is 102 Å². The molecule has 0 saturated carbocycles. The summed E-state index contributed by atoms with van der Waals surface area (Å²) in [5.41, 5.74) is 0. The molecule has 2 atom stereocenters. The molecule has 2 fully saturated rings. The summed E-state index contributed by atoms with van der Waals surface area (Å²) in [7, 11) is 0. The molecule has 0 spiro atoms. The summed E-state index contributed by atoms with van der Waals surface area (Å²) < 4.78 is 6.90. The predicted octanol–water partition coefficient (Wildman–Crippen LogP) is 6.32. The fraction of sp³-hybridized carbons (Fsp3) is 1.00. The van der Waals surface area contributed by atoms with E-state index in [9.17, 15) is 0 Å². The van der Waals surface area contributed by atoms with Crippen LogP contribution in [0.1, 0.15) is 78.6 Å². The molecule has 0 radical (unpaired) electrons. The van der Waals surface area contributed by atoms with Crippen LogP contribution in [0.3, 0.4) is 0 Å². The van der Waals surface area contributed by atoms with Gasteiger partial charge in [-0.1, -0.05) is 0 Å². The van der Waals surface area contributed by atoms with Crippen molar-refractivity contribution in [1.29, 1.82) is 0 Å². The second-order valence-corrected chi connectivity index (χ2v) is 22.4. The summed E-state index contributed by atoms with van der Waals surface area (Å²) >= 11 is -1.86. The Morgan fingerprint density at radius 2 is 1.50 bits per heavy atom. The Kier molecular flexibility index (Phi) is 8.60. The average molecular weight is 414 g/mol. The van der Waals surface area contributed by atoms with Crippen molar-refractivity contribution in [2.24, 2.45) is 5.92 Å². The van der Waals surface area contributed by atoms with Crippen molar-refractivity contribution in [3.8, 4) is 0 Å². The monoisotopic (exact) mass is 415 g/mol. The Morgan fingerprint density at radius 1 is 0.909 bits per heavy atom. The maximum atomic E-state index is 2.85. The molecular formula is C20H41NSn. The van der Waals surface area contributed by atoms with E-state index >= 15 is 0 Å². The third-order valence-electron chi connectivity index (χ3n) is 6.50. The van der Waals surface area contributed by atoms with Gasteiger partial charge in [-0.2, -0.15) is 0 Å². The van der Waals surface area contributed by atoms with Crippen molar-refractivity contribution in [2.75, 3.05) is 13.1 Å². The Hall–Kier alpha value is 0.759. The van der Waals surface area contributed by atoms with Crippen LogP contribution in [0.2, 0.25) is 17.7 Å². The molecule has 0 bridgehead atoms. The van der Waals surface area contributed by atoms with Crippen LogP contribution in [-0.2, 0) is 0 Å². The third-order valence-corrected chi connectivity index (χ3v) is 22.7. The summed E-state index contributed by atoms with van der Waals surface area (Å²) in [5, 5.41) is 0. The molecule has 2 aliphatic rings. The molecular weight excluding hydrogens is 373 g/mol. The molecule has 2 heteroatoms. The molecule has 2 saturated heterocycles. The molecule has 0 amide bonds. The molecule has 0 aromatic heterocycles. The molecule has 2 rings (SSSR count). The van der Waals surface area contributed by atoms with E-state index in [0.29, 0.717) is 0 Å². The number of hydrogen-bond donors (Lipinski definition) is 0. The zero-order valence-electron chi connectivity index (χ0n) is 15.7. The second-order valence-electron chi connectivity index (χ2n) is 8.41. The van der Waals surface area contributed by atoms with Gasteiger partial charge in [0.25, 0.3) is 0 Å².